The van der Waals surface area contributed by atoms with Crippen molar-refractivity contribution in [2.45, 2.75) is 25.7 Å². The minimum absolute atomic E-state index is 0.0861. The van der Waals surface area contributed by atoms with Crippen molar-refractivity contribution in [2.24, 2.45) is 0 Å². The van der Waals surface area contributed by atoms with Crippen molar-refractivity contribution in [1.82, 2.24) is 4.98 Å². The molecular formula is C13H14ClNO2. The lowest BCUT2D eigenvalue weighted by molar-refractivity contribution is -0.138. The van der Waals surface area contributed by atoms with Gasteiger partial charge in [0.15, 0.2) is 0 Å². The molecular weight excluding hydrogens is 238 g/mol. The predicted molar refractivity (Wildman–Crippen MR) is 68.6 cm³/mol. The van der Waals surface area contributed by atoms with Crippen molar-refractivity contribution >= 4 is 28.5 Å². The van der Waals surface area contributed by atoms with Crippen LogP contribution in [-0.4, -0.2) is 16.1 Å². The van der Waals surface area contributed by atoms with E-state index in [1.54, 1.807) is 6.20 Å². The third kappa shape index (κ3) is 2.15. The number of H-pyrrole nitrogens is 1. The van der Waals surface area contributed by atoms with E-state index < -0.39 is 11.4 Å². The minimum Gasteiger partial charge on any atom is -0.481 e. The van der Waals surface area contributed by atoms with E-state index in [-0.39, 0.29) is 6.42 Å². The summed E-state index contributed by atoms with van der Waals surface area (Å²) in [6.45, 7) is 3.84. The molecule has 0 atom stereocenters. The number of hydrogen-bond donors (Lipinski definition) is 2. The molecule has 0 saturated carbocycles. The van der Waals surface area contributed by atoms with Crippen LogP contribution >= 0.6 is 11.6 Å². The summed E-state index contributed by atoms with van der Waals surface area (Å²) in [5.41, 5.74) is 1.47. The first kappa shape index (κ1) is 12.0. The Morgan fingerprint density at radius 3 is 2.82 bits per heavy atom. The molecule has 1 aromatic heterocycles. The highest BCUT2D eigenvalue weighted by atomic mass is 35.5. The van der Waals surface area contributed by atoms with Crippen LogP contribution in [0.1, 0.15) is 25.8 Å². The zero-order chi connectivity index (χ0) is 12.6. The summed E-state index contributed by atoms with van der Waals surface area (Å²) in [6, 6.07) is 5.77. The molecule has 0 aliphatic heterocycles. The van der Waals surface area contributed by atoms with Gasteiger partial charge >= 0.3 is 5.97 Å². The number of halogens is 1. The fourth-order valence-corrected chi connectivity index (χ4v) is 2.37. The van der Waals surface area contributed by atoms with Crippen LogP contribution < -0.4 is 0 Å². The first-order chi connectivity index (χ1) is 7.92. The van der Waals surface area contributed by atoms with Crippen LogP contribution in [0.25, 0.3) is 10.9 Å². The molecule has 0 aliphatic carbocycles. The van der Waals surface area contributed by atoms with Crippen molar-refractivity contribution in [1.29, 1.82) is 0 Å². The average Bonchev–Trinajstić information content (AvgIpc) is 2.58. The molecule has 0 fully saturated rings. The molecule has 4 heteroatoms. The number of fused-ring (bicyclic) bond motifs is 1. The fourth-order valence-electron chi connectivity index (χ4n) is 2.16. The topological polar surface area (TPSA) is 53.1 Å². The molecule has 1 heterocycles. The third-order valence-corrected chi connectivity index (χ3v) is 3.30. The monoisotopic (exact) mass is 251 g/mol. The molecule has 2 N–H and O–H groups in total. The number of aliphatic carboxylic acids is 1. The van der Waals surface area contributed by atoms with Crippen LogP contribution in [0.2, 0.25) is 5.02 Å². The molecule has 0 unspecified atom stereocenters. The quantitative estimate of drug-likeness (QED) is 0.876. The van der Waals surface area contributed by atoms with Crippen molar-refractivity contribution in [3.63, 3.8) is 0 Å². The van der Waals surface area contributed by atoms with E-state index >= 15 is 0 Å². The van der Waals surface area contributed by atoms with Crippen molar-refractivity contribution < 1.29 is 9.90 Å². The lowest BCUT2D eigenvalue weighted by Crippen LogP contribution is -2.22. The normalized spacial score (nSPS) is 11.9. The first-order valence-electron chi connectivity index (χ1n) is 5.40. The summed E-state index contributed by atoms with van der Waals surface area (Å²) in [5, 5.41) is 10.5. The number of carboxylic acids is 1. The van der Waals surface area contributed by atoms with Gasteiger partial charge in [0, 0.05) is 17.0 Å². The van der Waals surface area contributed by atoms with Crippen LogP contribution in [0.3, 0.4) is 0 Å². The lowest BCUT2D eigenvalue weighted by atomic mass is 9.80. The molecule has 90 valence electrons. The number of hydrogen-bond acceptors (Lipinski definition) is 1. The number of aromatic amines is 1. The van der Waals surface area contributed by atoms with Crippen LogP contribution in [0.15, 0.2) is 24.4 Å². The summed E-state index contributed by atoms with van der Waals surface area (Å²) in [6.07, 6.45) is 1.81. The minimum atomic E-state index is -0.801. The molecule has 0 radical (unpaired) electrons. The largest absolute Gasteiger partial charge is 0.481 e. The molecule has 3 nitrogen and oxygen atoms in total. The number of rotatable bonds is 3. The maximum atomic E-state index is 10.9. The summed E-state index contributed by atoms with van der Waals surface area (Å²) in [4.78, 5) is 14.0. The van der Waals surface area contributed by atoms with E-state index in [4.69, 9.17) is 16.7 Å². The molecule has 0 bridgehead atoms. The second-order valence-electron chi connectivity index (χ2n) is 4.82. The van der Waals surface area contributed by atoms with E-state index in [2.05, 4.69) is 4.98 Å². The van der Waals surface area contributed by atoms with E-state index in [0.29, 0.717) is 5.02 Å². The van der Waals surface area contributed by atoms with Gasteiger partial charge in [-0.1, -0.05) is 43.6 Å². The van der Waals surface area contributed by atoms with Gasteiger partial charge in [-0.15, -0.1) is 0 Å². The summed E-state index contributed by atoms with van der Waals surface area (Å²) in [5.74, 6) is -0.801. The van der Waals surface area contributed by atoms with Gasteiger partial charge in [-0.2, -0.15) is 0 Å². The van der Waals surface area contributed by atoms with E-state index in [0.717, 1.165) is 16.5 Å². The number of benzene rings is 1. The Hall–Kier alpha value is -1.48. The van der Waals surface area contributed by atoms with E-state index in [1.807, 2.05) is 32.0 Å². The third-order valence-electron chi connectivity index (χ3n) is 2.99. The van der Waals surface area contributed by atoms with Crippen LogP contribution in [0.5, 0.6) is 0 Å². The van der Waals surface area contributed by atoms with Gasteiger partial charge in [0.2, 0.25) is 0 Å². The Kier molecular flexibility index (Phi) is 2.87. The summed E-state index contributed by atoms with van der Waals surface area (Å²) in [7, 11) is 0. The average molecular weight is 252 g/mol. The number of nitrogens with one attached hydrogen (secondary N) is 1. The number of para-hydroxylation sites is 1. The van der Waals surface area contributed by atoms with Gasteiger partial charge in [-0.05, 0) is 5.56 Å². The number of aromatic nitrogens is 1. The Morgan fingerprint density at radius 1 is 1.47 bits per heavy atom. The zero-order valence-corrected chi connectivity index (χ0v) is 10.5. The SMILES string of the molecule is CC(C)(CC(=O)O)c1cccc2c(Cl)c[nH]c12. The molecule has 2 aromatic rings. The van der Waals surface area contributed by atoms with Gasteiger partial charge in [-0.25, -0.2) is 0 Å². The van der Waals surface area contributed by atoms with Crippen molar-refractivity contribution in [2.75, 3.05) is 0 Å². The van der Waals surface area contributed by atoms with E-state index in [1.165, 1.54) is 0 Å². The van der Waals surface area contributed by atoms with Crippen LogP contribution in [0.4, 0.5) is 0 Å². The Morgan fingerprint density at radius 2 is 2.18 bits per heavy atom. The van der Waals surface area contributed by atoms with E-state index in [9.17, 15) is 4.79 Å². The van der Waals surface area contributed by atoms with Crippen molar-refractivity contribution in [3.05, 3.63) is 35.0 Å². The number of carbonyl (C=O) groups is 1. The van der Waals surface area contributed by atoms with Gasteiger partial charge in [0.05, 0.1) is 17.0 Å². The molecule has 0 saturated heterocycles. The number of carboxylic acid groups (broad SMARTS) is 1. The van der Waals surface area contributed by atoms with Gasteiger partial charge in [0.1, 0.15) is 0 Å². The van der Waals surface area contributed by atoms with Crippen molar-refractivity contribution in [3.8, 4) is 0 Å². The maximum Gasteiger partial charge on any atom is 0.304 e. The van der Waals surface area contributed by atoms with Gasteiger partial charge < -0.3 is 10.1 Å². The molecule has 2 rings (SSSR count). The highest BCUT2D eigenvalue weighted by Crippen LogP contribution is 2.34. The standard InChI is InChI=1S/C13H14ClNO2/c1-13(2,6-11(16)17)9-5-3-4-8-10(14)7-15-12(8)9/h3-5,7,15H,6H2,1-2H3,(H,16,17). The summed E-state index contributed by atoms with van der Waals surface area (Å²) >= 11 is 6.05. The summed E-state index contributed by atoms with van der Waals surface area (Å²) < 4.78 is 0. The molecule has 0 aliphatic rings. The Bertz CT molecular complexity index is 572. The maximum absolute atomic E-state index is 10.9. The Labute approximate surface area is 104 Å². The smallest absolute Gasteiger partial charge is 0.304 e. The van der Waals surface area contributed by atoms with Gasteiger partial charge in [0.25, 0.3) is 0 Å². The zero-order valence-electron chi connectivity index (χ0n) is 9.75. The van der Waals surface area contributed by atoms with Crippen LogP contribution in [0, 0.1) is 0 Å². The second-order valence-corrected chi connectivity index (χ2v) is 5.23. The lowest BCUT2D eigenvalue weighted by Gasteiger charge is -2.23. The second kappa shape index (κ2) is 4.08. The Balaban J connectivity index is 2.58. The highest BCUT2D eigenvalue weighted by molar-refractivity contribution is 6.35. The molecule has 1 aromatic carbocycles. The molecule has 0 spiro atoms. The first-order valence-corrected chi connectivity index (χ1v) is 5.77. The highest BCUT2D eigenvalue weighted by Gasteiger charge is 2.26. The van der Waals surface area contributed by atoms with Crippen LogP contribution in [-0.2, 0) is 10.2 Å². The predicted octanol–water partition coefficient (Wildman–Crippen LogP) is 3.57. The fraction of sp³-hybridized carbons (Fsp3) is 0.308. The molecule has 0 amide bonds. The van der Waals surface area contributed by atoms with Gasteiger partial charge in [-0.3, -0.25) is 4.79 Å². The molecule has 17 heavy (non-hydrogen) atoms.